The van der Waals surface area contributed by atoms with Gasteiger partial charge in [0.2, 0.25) is 0 Å². The Morgan fingerprint density at radius 2 is 1.25 bits per heavy atom. The minimum Gasteiger partial charge on any atom is -0.398 e. The van der Waals surface area contributed by atoms with Crippen LogP contribution in [-0.4, -0.2) is 5.11 Å². The van der Waals surface area contributed by atoms with Gasteiger partial charge < -0.3 is 22.1 Å². The van der Waals surface area contributed by atoms with Gasteiger partial charge in [0.25, 0.3) is 0 Å². The monoisotopic (exact) mass is 398 g/mol. The maximum atomic E-state index is 6.41. The van der Waals surface area contributed by atoms with E-state index in [0.29, 0.717) is 5.11 Å². The molecule has 0 fully saturated rings. The Morgan fingerprint density at radius 3 is 1.79 bits per heavy atom. The van der Waals surface area contributed by atoms with Gasteiger partial charge in [0.05, 0.1) is 0 Å². The fourth-order valence-corrected chi connectivity index (χ4v) is 4.05. The number of nitrogens with one attached hydrogen (secondary N) is 2. The molecule has 0 spiro atoms. The largest absolute Gasteiger partial charge is 0.398 e. The van der Waals surface area contributed by atoms with Crippen molar-refractivity contribution in [3.8, 4) is 0 Å². The van der Waals surface area contributed by atoms with Crippen LogP contribution in [0.5, 0.6) is 0 Å². The predicted octanol–water partition coefficient (Wildman–Crippen LogP) is 5.53. The Morgan fingerprint density at radius 1 is 0.750 bits per heavy atom. The Balaban J connectivity index is 2.41. The number of anilines is 4. The molecule has 0 aliphatic carbocycles. The van der Waals surface area contributed by atoms with Crippen LogP contribution in [0.3, 0.4) is 0 Å². The number of benzene rings is 2. The molecular formula is C23H34N4S. The summed E-state index contributed by atoms with van der Waals surface area (Å²) >= 11 is 5.68. The summed E-state index contributed by atoms with van der Waals surface area (Å²) in [7, 11) is 0. The quantitative estimate of drug-likeness (QED) is 0.380. The average Bonchev–Trinajstić information content (AvgIpc) is 2.67. The molecule has 6 N–H and O–H groups in total. The van der Waals surface area contributed by atoms with Crippen molar-refractivity contribution in [3.05, 3.63) is 45.5 Å². The number of hydrogen-bond acceptors (Lipinski definition) is 3. The second kappa shape index (κ2) is 9.28. The molecule has 0 unspecified atom stereocenters. The number of thiocarbonyl (C=S) groups is 1. The second-order valence-electron chi connectivity index (χ2n) is 7.23. The molecule has 0 radical (unpaired) electrons. The molecule has 0 heterocycles. The first-order valence-corrected chi connectivity index (χ1v) is 10.6. The third kappa shape index (κ3) is 4.25. The fraction of sp³-hybridized carbons (Fsp3) is 0.435. The molecule has 4 nitrogen and oxygen atoms in total. The number of aryl methyl sites for hydroxylation is 4. The zero-order valence-electron chi connectivity index (χ0n) is 18.0. The lowest BCUT2D eigenvalue weighted by molar-refractivity contribution is 1.08. The molecule has 28 heavy (non-hydrogen) atoms. The van der Waals surface area contributed by atoms with Gasteiger partial charge in [-0.2, -0.15) is 0 Å². The minimum atomic E-state index is 0.564. The van der Waals surface area contributed by atoms with Gasteiger partial charge in [0.15, 0.2) is 5.11 Å². The van der Waals surface area contributed by atoms with Gasteiger partial charge in [-0.15, -0.1) is 0 Å². The van der Waals surface area contributed by atoms with E-state index in [0.717, 1.165) is 70.7 Å². The van der Waals surface area contributed by atoms with Crippen molar-refractivity contribution in [2.24, 2.45) is 0 Å². The second-order valence-corrected chi connectivity index (χ2v) is 7.64. The molecule has 0 atom stereocenters. The number of nitrogen functional groups attached to an aromatic ring is 2. The summed E-state index contributed by atoms with van der Waals surface area (Å²) in [5, 5.41) is 7.39. The van der Waals surface area contributed by atoms with Gasteiger partial charge in [0, 0.05) is 22.7 Å². The molecule has 0 saturated carbocycles. The number of rotatable bonds is 6. The van der Waals surface area contributed by atoms with Crippen LogP contribution in [0, 0.1) is 13.8 Å². The van der Waals surface area contributed by atoms with Crippen molar-refractivity contribution >= 4 is 40.1 Å². The molecule has 0 saturated heterocycles. The van der Waals surface area contributed by atoms with Crippen molar-refractivity contribution in [2.75, 3.05) is 22.1 Å². The van der Waals surface area contributed by atoms with Crippen LogP contribution in [0.1, 0.15) is 61.1 Å². The highest BCUT2D eigenvalue weighted by Gasteiger charge is 2.16. The first-order chi connectivity index (χ1) is 13.3. The average molecular weight is 399 g/mol. The normalized spacial score (nSPS) is 10.8. The summed E-state index contributed by atoms with van der Waals surface area (Å²) < 4.78 is 0. The van der Waals surface area contributed by atoms with Crippen molar-refractivity contribution < 1.29 is 0 Å². The lowest BCUT2D eigenvalue weighted by Gasteiger charge is -2.22. The Bertz CT molecular complexity index is 887. The van der Waals surface area contributed by atoms with Crippen LogP contribution in [0.2, 0.25) is 0 Å². The van der Waals surface area contributed by atoms with E-state index >= 15 is 0 Å². The number of nitrogens with two attached hydrogens (primary N) is 2. The summed E-state index contributed by atoms with van der Waals surface area (Å²) in [5.41, 5.74) is 23.4. The van der Waals surface area contributed by atoms with E-state index in [2.05, 4.69) is 64.3 Å². The van der Waals surface area contributed by atoms with Crippen LogP contribution in [-0.2, 0) is 25.7 Å². The summed E-state index contributed by atoms with van der Waals surface area (Å²) in [5.74, 6) is 0. The zero-order valence-corrected chi connectivity index (χ0v) is 18.9. The van der Waals surface area contributed by atoms with Crippen LogP contribution in [0.15, 0.2) is 12.1 Å². The third-order valence-electron chi connectivity index (χ3n) is 5.47. The van der Waals surface area contributed by atoms with Crippen LogP contribution < -0.4 is 22.1 Å². The van der Waals surface area contributed by atoms with Gasteiger partial charge in [0.1, 0.15) is 0 Å². The predicted molar refractivity (Wildman–Crippen MR) is 129 cm³/mol. The molecule has 2 aromatic rings. The van der Waals surface area contributed by atoms with Gasteiger partial charge >= 0.3 is 0 Å². The molecule has 0 aliphatic heterocycles. The van der Waals surface area contributed by atoms with E-state index in [-0.39, 0.29) is 0 Å². The Labute approximate surface area is 175 Å². The lowest BCUT2D eigenvalue weighted by Crippen LogP contribution is -2.23. The molecular weight excluding hydrogens is 364 g/mol. The van der Waals surface area contributed by atoms with E-state index in [9.17, 15) is 0 Å². The highest BCUT2D eigenvalue weighted by Crippen LogP contribution is 2.33. The standard InChI is InChI=1S/C23H34N4S/c1-7-15-12-14(6)21(18(10-4)20(15)25)26-23(28)27-22-16(8-2)11-13(5)19(24)17(22)9-3/h11-12H,7-10,24-25H2,1-6H3,(H2,26,27,28). The smallest absolute Gasteiger partial charge is 0.175 e. The van der Waals surface area contributed by atoms with E-state index in [1.807, 2.05) is 0 Å². The van der Waals surface area contributed by atoms with Crippen LogP contribution in [0.4, 0.5) is 22.7 Å². The topological polar surface area (TPSA) is 76.1 Å². The van der Waals surface area contributed by atoms with E-state index in [4.69, 9.17) is 23.7 Å². The first-order valence-electron chi connectivity index (χ1n) is 10.2. The van der Waals surface area contributed by atoms with E-state index < -0.39 is 0 Å². The Hall–Kier alpha value is -2.27. The van der Waals surface area contributed by atoms with Crippen LogP contribution >= 0.6 is 12.2 Å². The highest BCUT2D eigenvalue weighted by molar-refractivity contribution is 7.80. The summed E-state index contributed by atoms with van der Waals surface area (Å²) in [6.45, 7) is 12.7. The molecule has 0 bridgehead atoms. The van der Waals surface area contributed by atoms with Gasteiger partial charge in [-0.1, -0.05) is 39.8 Å². The maximum Gasteiger partial charge on any atom is 0.175 e. The summed E-state index contributed by atoms with van der Waals surface area (Å²) in [4.78, 5) is 0. The number of hydrogen-bond donors (Lipinski definition) is 4. The van der Waals surface area contributed by atoms with E-state index in [1.54, 1.807) is 0 Å². The first kappa shape index (κ1) is 22.0. The third-order valence-corrected chi connectivity index (χ3v) is 5.67. The molecule has 0 aliphatic rings. The molecule has 5 heteroatoms. The molecule has 0 aromatic heterocycles. The maximum absolute atomic E-state index is 6.41. The van der Waals surface area contributed by atoms with Gasteiger partial charge in [-0.05, 0) is 85.1 Å². The highest BCUT2D eigenvalue weighted by atomic mass is 32.1. The SMILES string of the molecule is CCc1cc(C)c(NC(=S)Nc2c(CC)cc(C)c(N)c2CC)c(CC)c1N. The van der Waals surface area contributed by atoms with Crippen molar-refractivity contribution in [1.82, 2.24) is 0 Å². The van der Waals surface area contributed by atoms with Gasteiger partial charge in [-0.25, -0.2) is 0 Å². The van der Waals surface area contributed by atoms with Crippen molar-refractivity contribution in [3.63, 3.8) is 0 Å². The minimum absolute atomic E-state index is 0.564. The Kier molecular flexibility index (Phi) is 7.30. The summed E-state index contributed by atoms with van der Waals surface area (Å²) in [6.07, 6.45) is 3.54. The van der Waals surface area contributed by atoms with E-state index in [1.165, 1.54) is 11.1 Å². The molecule has 152 valence electrons. The van der Waals surface area contributed by atoms with Crippen LogP contribution in [0.25, 0.3) is 0 Å². The lowest BCUT2D eigenvalue weighted by atomic mass is 9.97. The van der Waals surface area contributed by atoms with Gasteiger partial charge in [-0.3, -0.25) is 0 Å². The summed E-state index contributed by atoms with van der Waals surface area (Å²) in [6, 6.07) is 4.30. The van der Waals surface area contributed by atoms with Crippen molar-refractivity contribution in [2.45, 2.75) is 67.2 Å². The molecule has 0 amide bonds. The van der Waals surface area contributed by atoms with Crippen molar-refractivity contribution in [1.29, 1.82) is 0 Å². The zero-order chi connectivity index (χ0) is 21.0. The molecule has 2 aromatic carbocycles. The molecule has 2 rings (SSSR count). The fourth-order valence-electron chi connectivity index (χ4n) is 3.85.